The van der Waals surface area contributed by atoms with Crippen LogP contribution in [0.4, 0.5) is 5.69 Å². The molecule has 0 radical (unpaired) electrons. The lowest BCUT2D eigenvalue weighted by atomic mass is 9.99. The molecule has 148 valence electrons. The minimum atomic E-state index is -0.327. The van der Waals surface area contributed by atoms with Crippen LogP contribution in [0.25, 0.3) is 0 Å². The Bertz CT molecular complexity index is 795. The number of aliphatic imine (C=N–C) groups is 1. The Kier molecular flexibility index (Phi) is 6.13. The summed E-state index contributed by atoms with van der Waals surface area (Å²) in [4.78, 5) is 19.7. The molecule has 2 aliphatic heterocycles. The van der Waals surface area contributed by atoms with Crippen LogP contribution in [0.15, 0.2) is 53.7 Å². The molecular weight excluding hydrogens is 372 g/mol. The van der Waals surface area contributed by atoms with Gasteiger partial charge < -0.3 is 10.6 Å². The largest absolute Gasteiger partial charge is 0.363 e. The summed E-state index contributed by atoms with van der Waals surface area (Å²) in [6.07, 6.45) is 14.7. The summed E-state index contributed by atoms with van der Waals surface area (Å²) in [5.41, 5.74) is 0.873. The number of nitrogens with zero attached hydrogens (tertiary/aromatic N) is 2. The quantitative estimate of drug-likeness (QED) is 0.726. The summed E-state index contributed by atoms with van der Waals surface area (Å²) in [6, 6.07) is 8.05. The highest BCUT2D eigenvalue weighted by Crippen LogP contribution is 2.25. The minimum absolute atomic E-state index is 0.0752. The number of fused-ring (bicyclic) bond motifs is 1. The highest BCUT2D eigenvalue weighted by Gasteiger charge is 2.37. The zero-order chi connectivity index (χ0) is 19.3. The molecule has 2 atom stereocenters. The number of rotatable bonds is 5. The molecule has 2 heterocycles. The fraction of sp³-hybridized carbons (Fsp3) is 0.455. The van der Waals surface area contributed by atoms with E-state index < -0.39 is 0 Å². The highest BCUT2D eigenvalue weighted by molar-refractivity contribution is 6.30. The number of amides is 1. The van der Waals surface area contributed by atoms with Gasteiger partial charge in [0, 0.05) is 29.5 Å². The standard InChI is InChI=1S/C22H27ClN4O/c23-16-8-7-11-18(14-16)25-21-19(15-24-17-9-3-1-2-4-10-17)22(28)27-13-6-5-12-20(27)26-21/h5-8,11-14,17,19,21,24-25H,1-4,9-10,15H2. The Morgan fingerprint density at radius 2 is 1.96 bits per heavy atom. The summed E-state index contributed by atoms with van der Waals surface area (Å²) >= 11 is 6.13. The number of halogens is 1. The van der Waals surface area contributed by atoms with Gasteiger partial charge >= 0.3 is 0 Å². The van der Waals surface area contributed by atoms with Gasteiger partial charge in [0.1, 0.15) is 12.0 Å². The molecule has 2 N–H and O–H groups in total. The predicted octanol–water partition coefficient (Wildman–Crippen LogP) is 4.33. The Balaban J connectivity index is 1.53. The highest BCUT2D eigenvalue weighted by atomic mass is 35.5. The molecule has 0 bridgehead atoms. The molecule has 5 nitrogen and oxygen atoms in total. The fourth-order valence-electron chi connectivity index (χ4n) is 4.13. The smallest absolute Gasteiger partial charge is 0.240 e. The van der Waals surface area contributed by atoms with Crippen molar-refractivity contribution < 1.29 is 4.79 Å². The van der Waals surface area contributed by atoms with E-state index in [0.717, 1.165) is 5.69 Å². The lowest BCUT2D eigenvalue weighted by Crippen LogP contribution is -2.53. The molecule has 0 aromatic heterocycles. The normalized spacial score (nSPS) is 25.2. The van der Waals surface area contributed by atoms with Gasteiger partial charge in [0.15, 0.2) is 0 Å². The van der Waals surface area contributed by atoms with E-state index >= 15 is 0 Å². The Morgan fingerprint density at radius 1 is 1.14 bits per heavy atom. The third-order valence-electron chi connectivity index (χ3n) is 5.67. The first kappa shape index (κ1) is 19.2. The van der Waals surface area contributed by atoms with Crippen LogP contribution < -0.4 is 10.6 Å². The number of hydrogen-bond acceptors (Lipinski definition) is 4. The van der Waals surface area contributed by atoms with E-state index in [4.69, 9.17) is 16.6 Å². The van der Waals surface area contributed by atoms with Crippen LogP contribution in [-0.2, 0) is 4.79 Å². The average Bonchev–Trinajstić information content (AvgIpc) is 2.97. The number of nitrogens with one attached hydrogen (secondary N) is 2. The number of amidine groups is 1. The topological polar surface area (TPSA) is 56.7 Å². The third kappa shape index (κ3) is 4.47. The van der Waals surface area contributed by atoms with Gasteiger partial charge in [-0.15, -0.1) is 0 Å². The molecule has 3 aliphatic rings. The second-order valence-electron chi connectivity index (χ2n) is 7.70. The summed E-state index contributed by atoms with van der Waals surface area (Å²) in [5, 5.41) is 7.74. The van der Waals surface area contributed by atoms with Crippen LogP contribution in [0.3, 0.4) is 0 Å². The number of anilines is 1. The summed E-state index contributed by atoms with van der Waals surface area (Å²) in [7, 11) is 0. The maximum atomic E-state index is 13.2. The van der Waals surface area contributed by atoms with E-state index in [1.54, 1.807) is 11.1 Å². The zero-order valence-corrected chi connectivity index (χ0v) is 16.7. The van der Waals surface area contributed by atoms with Gasteiger partial charge in [-0.25, -0.2) is 4.99 Å². The van der Waals surface area contributed by atoms with Crippen molar-refractivity contribution in [1.82, 2.24) is 10.2 Å². The third-order valence-corrected chi connectivity index (χ3v) is 5.90. The number of carbonyl (C=O) groups excluding carboxylic acids is 1. The maximum Gasteiger partial charge on any atom is 0.240 e. The molecule has 1 aromatic rings. The SMILES string of the molecule is O=C1C(CNC2CCCCCC2)C(Nc2cccc(Cl)c2)N=C2C=CC=CN12. The van der Waals surface area contributed by atoms with Crippen molar-refractivity contribution in [2.75, 3.05) is 11.9 Å². The second kappa shape index (κ2) is 8.93. The van der Waals surface area contributed by atoms with Gasteiger partial charge in [-0.3, -0.25) is 9.69 Å². The molecule has 0 spiro atoms. The molecule has 0 saturated heterocycles. The number of allylic oxidation sites excluding steroid dienone is 2. The van der Waals surface area contributed by atoms with Crippen molar-refractivity contribution in [3.05, 3.63) is 53.7 Å². The number of carbonyl (C=O) groups is 1. The molecule has 1 fully saturated rings. The molecule has 1 amide bonds. The van der Waals surface area contributed by atoms with Crippen LogP contribution in [0.5, 0.6) is 0 Å². The van der Waals surface area contributed by atoms with Gasteiger partial charge in [-0.2, -0.15) is 0 Å². The second-order valence-corrected chi connectivity index (χ2v) is 8.14. The van der Waals surface area contributed by atoms with Crippen molar-refractivity contribution >= 4 is 29.0 Å². The Labute approximate surface area is 171 Å². The molecular formula is C22H27ClN4O. The Morgan fingerprint density at radius 3 is 2.75 bits per heavy atom. The number of hydrogen-bond donors (Lipinski definition) is 2. The van der Waals surface area contributed by atoms with E-state index in [-0.39, 0.29) is 18.0 Å². The molecule has 6 heteroatoms. The first-order valence-corrected chi connectivity index (χ1v) is 10.6. The molecule has 1 saturated carbocycles. The molecule has 1 aliphatic carbocycles. The van der Waals surface area contributed by atoms with Gasteiger partial charge in [-0.1, -0.05) is 49.4 Å². The minimum Gasteiger partial charge on any atom is -0.363 e. The zero-order valence-electron chi connectivity index (χ0n) is 16.0. The van der Waals surface area contributed by atoms with Crippen LogP contribution in [-0.4, -0.2) is 35.4 Å². The van der Waals surface area contributed by atoms with Gasteiger partial charge in [-0.05, 0) is 43.2 Å². The lowest BCUT2D eigenvalue weighted by Gasteiger charge is -2.36. The molecule has 28 heavy (non-hydrogen) atoms. The van der Waals surface area contributed by atoms with Gasteiger partial charge in [0.05, 0.1) is 5.92 Å². The molecule has 4 rings (SSSR count). The van der Waals surface area contributed by atoms with Gasteiger partial charge in [0.2, 0.25) is 5.91 Å². The maximum absolute atomic E-state index is 13.2. The van der Waals surface area contributed by atoms with E-state index in [1.807, 2.05) is 42.5 Å². The number of benzene rings is 1. The van der Waals surface area contributed by atoms with Gasteiger partial charge in [0.25, 0.3) is 0 Å². The average molecular weight is 399 g/mol. The van der Waals surface area contributed by atoms with Crippen molar-refractivity contribution in [2.24, 2.45) is 10.9 Å². The summed E-state index contributed by atoms with van der Waals surface area (Å²) in [5.74, 6) is 0.478. The first-order chi connectivity index (χ1) is 13.7. The van der Waals surface area contributed by atoms with Crippen LogP contribution in [0.1, 0.15) is 38.5 Å². The van der Waals surface area contributed by atoms with E-state index in [1.165, 1.54) is 38.5 Å². The van der Waals surface area contributed by atoms with Crippen molar-refractivity contribution in [3.63, 3.8) is 0 Å². The predicted molar refractivity (Wildman–Crippen MR) is 114 cm³/mol. The van der Waals surface area contributed by atoms with Crippen molar-refractivity contribution in [3.8, 4) is 0 Å². The van der Waals surface area contributed by atoms with Crippen molar-refractivity contribution in [2.45, 2.75) is 50.7 Å². The summed E-state index contributed by atoms with van der Waals surface area (Å²) < 4.78 is 0. The molecule has 1 aromatic carbocycles. The van der Waals surface area contributed by atoms with E-state index in [2.05, 4.69) is 10.6 Å². The summed E-state index contributed by atoms with van der Waals surface area (Å²) in [6.45, 7) is 0.618. The van der Waals surface area contributed by atoms with Crippen LogP contribution in [0, 0.1) is 5.92 Å². The van der Waals surface area contributed by atoms with Crippen molar-refractivity contribution in [1.29, 1.82) is 0 Å². The van der Waals surface area contributed by atoms with Crippen LogP contribution >= 0.6 is 11.6 Å². The monoisotopic (exact) mass is 398 g/mol. The van der Waals surface area contributed by atoms with E-state index in [9.17, 15) is 4.79 Å². The lowest BCUT2D eigenvalue weighted by molar-refractivity contribution is -0.130. The van der Waals surface area contributed by atoms with E-state index in [0.29, 0.717) is 23.4 Å². The molecule has 2 unspecified atom stereocenters. The van der Waals surface area contributed by atoms with Crippen LogP contribution in [0.2, 0.25) is 5.02 Å². The fourth-order valence-corrected chi connectivity index (χ4v) is 4.32. The first-order valence-electron chi connectivity index (χ1n) is 10.2. The Hall–Kier alpha value is -2.11.